The summed E-state index contributed by atoms with van der Waals surface area (Å²) in [6.07, 6.45) is 0. The van der Waals surface area contributed by atoms with Gasteiger partial charge in [0.25, 0.3) is 5.91 Å². The van der Waals surface area contributed by atoms with Gasteiger partial charge in [-0.15, -0.1) is 0 Å². The van der Waals surface area contributed by atoms with Crippen molar-refractivity contribution in [2.24, 2.45) is 0 Å². The van der Waals surface area contributed by atoms with Gasteiger partial charge in [-0.25, -0.2) is 4.39 Å². The molecule has 0 saturated carbocycles. The number of nitrogens with two attached hydrogens (primary N) is 1. The van der Waals surface area contributed by atoms with Crippen molar-refractivity contribution in [3.8, 4) is 5.75 Å². The van der Waals surface area contributed by atoms with Crippen LogP contribution >= 0.6 is 0 Å². The number of carbonyl (C=O) groups excluding carboxylic acids is 1. The van der Waals surface area contributed by atoms with Crippen molar-refractivity contribution >= 4 is 17.3 Å². The minimum Gasteiger partial charge on any atom is -0.483 e. The molecule has 110 valence electrons. The molecule has 0 aliphatic heterocycles. The lowest BCUT2D eigenvalue weighted by Crippen LogP contribution is -2.21. The molecule has 2 aromatic carbocycles. The van der Waals surface area contributed by atoms with Crippen molar-refractivity contribution < 1.29 is 13.9 Å². The summed E-state index contributed by atoms with van der Waals surface area (Å²) in [5.41, 5.74) is 8.20. The third kappa shape index (κ3) is 3.95. The second-order valence-electron chi connectivity index (χ2n) is 4.84. The number of aryl methyl sites for hydroxylation is 2. The maximum absolute atomic E-state index is 13.1. The Morgan fingerprint density at radius 3 is 2.76 bits per heavy atom. The smallest absolute Gasteiger partial charge is 0.262 e. The van der Waals surface area contributed by atoms with Gasteiger partial charge in [-0.05, 0) is 49.2 Å². The third-order valence-electron chi connectivity index (χ3n) is 2.99. The highest BCUT2D eigenvalue weighted by atomic mass is 19.1. The van der Waals surface area contributed by atoms with Gasteiger partial charge in [0.15, 0.2) is 6.61 Å². The molecule has 0 bridgehead atoms. The van der Waals surface area contributed by atoms with Crippen LogP contribution < -0.4 is 15.8 Å². The highest BCUT2D eigenvalue weighted by molar-refractivity contribution is 5.94. The molecule has 0 atom stereocenters. The zero-order chi connectivity index (χ0) is 15.4. The molecule has 2 rings (SSSR count). The van der Waals surface area contributed by atoms with E-state index in [-0.39, 0.29) is 12.3 Å². The van der Waals surface area contributed by atoms with Gasteiger partial charge in [-0.1, -0.05) is 12.1 Å². The lowest BCUT2D eigenvalue weighted by Gasteiger charge is -2.11. The van der Waals surface area contributed by atoms with Crippen LogP contribution in [0.1, 0.15) is 11.1 Å². The fourth-order valence-electron chi connectivity index (χ4n) is 1.83. The number of amides is 1. The highest BCUT2D eigenvalue weighted by Gasteiger charge is 2.08. The summed E-state index contributed by atoms with van der Waals surface area (Å²) in [7, 11) is 0. The fourth-order valence-corrected chi connectivity index (χ4v) is 1.83. The minimum absolute atomic E-state index is 0.166. The summed E-state index contributed by atoms with van der Waals surface area (Å²) in [5, 5.41) is 2.53. The first-order valence-electron chi connectivity index (χ1n) is 6.50. The Bertz CT molecular complexity index is 671. The van der Waals surface area contributed by atoms with Crippen molar-refractivity contribution in [2.45, 2.75) is 13.8 Å². The Morgan fingerprint density at radius 2 is 2.00 bits per heavy atom. The molecule has 0 saturated heterocycles. The Morgan fingerprint density at radius 1 is 1.24 bits per heavy atom. The van der Waals surface area contributed by atoms with E-state index in [9.17, 15) is 9.18 Å². The average molecular weight is 288 g/mol. The normalized spacial score (nSPS) is 10.2. The first kappa shape index (κ1) is 14.8. The Balaban J connectivity index is 1.99. The van der Waals surface area contributed by atoms with E-state index in [0.717, 1.165) is 11.1 Å². The van der Waals surface area contributed by atoms with Crippen molar-refractivity contribution in [2.75, 3.05) is 17.7 Å². The molecule has 0 spiro atoms. The van der Waals surface area contributed by atoms with E-state index in [4.69, 9.17) is 10.5 Å². The van der Waals surface area contributed by atoms with Gasteiger partial charge < -0.3 is 15.8 Å². The maximum Gasteiger partial charge on any atom is 0.262 e. The zero-order valence-electron chi connectivity index (χ0n) is 11.9. The molecular formula is C16H17FN2O2. The van der Waals surface area contributed by atoms with E-state index >= 15 is 0 Å². The first-order valence-corrected chi connectivity index (χ1v) is 6.50. The van der Waals surface area contributed by atoms with Crippen molar-refractivity contribution in [1.82, 2.24) is 0 Å². The number of anilines is 2. The second-order valence-corrected chi connectivity index (χ2v) is 4.84. The standard InChI is InChI=1S/C16H17FN2O2/c1-10-3-4-11(2)15(7-10)21-9-16(20)19-14-8-12(17)5-6-13(14)18/h3-8H,9,18H2,1-2H3,(H,19,20). The molecule has 0 aliphatic rings. The van der Waals surface area contributed by atoms with Crippen molar-refractivity contribution in [1.29, 1.82) is 0 Å². The molecule has 0 aromatic heterocycles. The van der Waals surface area contributed by atoms with Crippen LogP contribution in [-0.2, 0) is 4.79 Å². The SMILES string of the molecule is Cc1ccc(C)c(OCC(=O)Nc2cc(F)ccc2N)c1. The van der Waals surface area contributed by atoms with Gasteiger partial charge in [0.05, 0.1) is 11.4 Å². The molecule has 5 heteroatoms. The van der Waals surface area contributed by atoms with E-state index in [1.54, 1.807) is 0 Å². The van der Waals surface area contributed by atoms with Gasteiger partial charge in [0, 0.05) is 0 Å². The molecule has 0 aliphatic carbocycles. The predicted molar refractivity (Wildman–Crippen MR) is 80.9 cm³/mol. The Hall–Kier alpha value is -2.56. The van der Waals surface area contributed by atoms with E-state index in [2.05, 4.69) is 5.32 Å². The van der Waals surface area contributed by atoms with E-state index in [1.807, 2.05) is 32.0 Å². The molecule has 21 heavy (non-hydrogen) atoms. The number of hydrogen-bond donors (Lipinski definition) is 2. The molecule has 2 aromatic rings. The minimum atomic E-state index is -0.463. The molecule has 0 radical (unpaired) electrons. The number of nitrogen functional groups attached to an aromatic ring is 1. The Kier molecular flexibility index (Phi) is 4.42. The summed E-state index contributed by atoms with van der Waals surface area (Å²) in [5.74, 6) is -0.208. The summed E-state index contributed by atoms with van der Waals surface area (Å²) in [4.78, 5) is 11.8. The van der Waals surface area contributed by atoms with Crippen LogP contribution in [0.3, 0.4) is 0 Å². The number of benzene rings is 2. The number of halogens is 1. The monoisotopic (exact) mass is 288 g/mol. The van der Waals surface area contributed by atoms with Gasteiger partial charge in [-0.2, -0.15) is 0 Å². The van der Waals surface area contributed by atoms with Crippen LogP contribution in [0.4, 0.5) is 15.8 Å². The summed E-state index contributed by atoms with van der Waals surface area (Å²) in [6.45, 7) is 3.68. The summed E-state index contributed by atoms with van der Waals surface area (Å²) < 4.78 is 18.6. The second kappa shape index (κ2) is 6.26. The molecule has 0 fully saturated rings. The zero-order valence-corrected chi connectivity index (χ0v) is 11.9. The number of nitrogens with one attached hydrogen (secondary N) is 1. The molecular weight excluding hydrogens is 271 g/mol. The van der Waals surface area contributed by atoms with E-state index in [0.29, 0.717) is 11.4 Å². The van der Waals surface area contributed by atoms with Gasteiger partial charge >= 0.3 is 0 Å². The lowest BCUT2D eigenvalue weighted by atomic mass is 10.1. The van der Waals surface area contributed by atoms with Crippen molar-refractivity contribution in [3.63, 3.8) is 0 Å². The van der Waals surface area contributed by atoms with Crippen LogP contribution in [-0.4, -0.2) is 12.5 Å². The van der Waals surface area contributed by atoms with Crippen LogP contribution in [0.15, 0.2) is 36.4 Å². The Labute approximate surface area is 122 Å². The van der Waals surface area contributed by atoms with Crippen LogP contribution in [0, 0.1) is 19.7 Å². The van der Waals surface area contributed by atoms with Crippen LogP contribution in [0.25, 0.3) is 0 Å². The lowest BCUT2D eigenvalue weighted by molar-refractivity contribution is -0.118. The maximum atomic E-state index is 13.1. The molecule has 4 nitrogen and oxygen atoms in total. The number of hydrogen-bond acceptors (Lipinski definition) is 3. The molecule has 0 unspecified atom stereocenters. The van der Waals surface area contributed by atoms with E-state index < -0.39 is 11.7 Å². The predicted octanol–water partition coefficient (Wildman–Crippen LogP) is 3.04. The third-order valence-corrected chi connectivity index (χ3v) is 2.99. The largest absolute Gasteiger partial charge is 0.483 e. The first-order chi connectivity index (χ1) is 9.95. The fraction of sp³-hybridized carbons (Fsp3) is 0.188. The van der Waals surface area contributed by atoms with Crippen molar-refractivity contribution in [3.05, 3.63) is 53.3 Å². The highest BCUT2D eigenvalue weighted by Crippen LogP contribution is 2.20. The number of rotatable bonds is 4. The van der Waals surface area contributed by atoms with Gasteiger partial charge in [0.2, 0.25) is 0 Å². The summed E-state index contributed by atoms with van der Waals surface area (Å²) in [6, 6.07) is 9.56. The van der Waals surface area contributed by atoms with Crippen LogP contribution in [0.2, 0.25) is 0 Å². The van der Waals surface area contributed by atoms with Gasteiger partial charge in [-0.3, -0.25) is 4.79 Å². The number of carbonyl (C=O) groups is 1. The molecule has 0 heterocycles. The van der Waals surface area contributed by atoms with E-state index in [1.165, 1.54) is 18.2 Å². The summed E-state index contributed by atoms with van der Waals surface area (Å²) >= 11 is 0. The number of ether oxygens (including phenoxy) is 1. The molecule has 3 N–H and O–H groups in total. The average Bonchev–Trinajstić information content (AvgIpc) is 2.44. The molecule has 1 amide bonds. The quantitative estimate of drug-likeness (QED) is 0.850. The van der Waals surface area contributed by atoms with Gasteiger partial charge in [0.1, 0.15) is 11.6 Å². The van der Waals surface area contributed by atoms with Crippen LogP contribution in [0.5, 0.6) is 5.75 Å². The topological polar surface area (TPSA) is 64.3 Å².